The largest absolute Gasteiger partial charge is 0.443 e. The van der Waals surface area contributed by atoms with Crippen LogP contribution in [0.5, 0.6) is 0 Å². The standard InChI is InChI=1S/C22H24ClF3N4O2/c1-13(2)17-11-27-19-16(10-18(23)28-30(17)19)29(20(31)32-21(3,4)5)12-14-8-6-7-9-15(14)22(24,25)26/h6-11,13H,12H2,1-5H3. The maximum atomic E-state index is 13.6. The molecule has 0 aliphatic carbocycles. The highest BCUT2D eigenvalue weighted by Crippen LogP contribution is 2.35. The SMILES string of the molecule is CC(C)c1cnc2c(N(Cc3ccccc3C(F)(F)F)C(=O)OC(C)(C)C)cc(Cl)nn12. The summed E-state index contributed by atoms with van der Waals surface area (Å²) in [5.41, 5.74) is -0.575. The maximum absolute atomic E-state index is 13.6. The average Bonchev–Trinajstić information content (AvgIpc) is 3.07. The van der Waals surface area contributed by atoms with Crippen LogP contribution in [0.3, 0.4) is 0 Å². The molecule has 6 nitrogen and oxygen atoms in total. The summed E-state index contributed by atoms with van der Waals surface area (Å²) in [6.07, 6.45) is -3.81. The number of fused-ring (bicyclic) bond motifs is 1. The Balaban J connectivity index is 2.19. The lowest BCUT2D eigenvalue weighted by Crippen LogP contribution is -2.37. The molecular weight excluding hydrogens is 445 g/mol. The van der Waals surface area contributed by atoms with Crippen LogP contribution >= 0.6 is 11.6 Å². The number of anilines is 1. The Labute approximate surface area is 188 Å². The number of amides is 1. The number of aromatic nitrogens is 3. The Kier molecular flexibility index (Phi) is 6.42. The Morgan fingerprint density at radius 1 is 1.22 bits per heavy atom. The molecule has 0 spiro atoms. The van der Waals surface area contributed by atoms with Gasteiger partial charge in [0.15, 0.2) is 10.8 Å². The molecule has 0 aliphatic heterocycles. The number of rotatable bonds is 4. The number of ether oxygens (including phenoxy) is 1. The third kappa shape index (κ3) is 5.15. The monoisotopic (exact) mass is 468 g/mol. The minimum Gasteiger partial charge on any atom is -0.443 e. The minimum atomic E-state index is -4.58. The summed E-state index contributed by atoms with van der Waals surface area (Å²) >= 11 is 6.23. The summed E-state index contributed by atoms with van der Waals surface area (Å²) in [5, 5.41) is 4.32. The predicted octanol–water partition coefficient (Wildman–Crippen LogP) is 6.47. The molecule has 0 saturated heterocycles. The zero-order valence-electron chi connectivity index (χ0n) is 18.4. The molecule has 2 heterocycles. The van der Waals surface area contributed by atoms with Gasteiger partial charge in [-0.1, -0.05) is 43.6 Å². The fraction of sp³-hybridized carbons (Fsp3) is 0.409. The first-order chi connectivity index (χ1) is 14.8. The van der Waals surface area contributed by atoms with Crippen LogP contribution in [0, 0.1) is 0 Å². The number of benzene rings is 1. The van der Waals surface area contributed by atoms with Gasteiger partial charge < -0.3 is 4.74 Å². The Hall–Kier alpha value is -2.81. The number of hydrogen-bond donors (Lipinski definition) is 0. The van der Waals surface area contributed by atoms with Crippen molar-refractivity contribution < 1.29 is 22.7 Å². The minimum absolute atomic E-state index is 0.0461. The van der Waals surface area contributed by atoms with Gasteiger partial charge in [-0.05, 0) is 38.3 Å². The highest BCUT2D eigenvalue weighted by Gasteiger charge is 2.35. The van der Waals surface area contributed by atoms with Gasteiger partial charge >= 0.3 is 12.3 Å². The molecule has 3 rings (SSSR count). The summed E-state index contributed by atoms with van der Waals surface area (Å²) in [7, 11) is 0. The van der Waals surface area contributed by atoms with E-state index in [0.29, 0.717) is 0 Å². The van der Waals surface area contributed by atoms with E-state index in [1.807, 2.05) is 13.8 Å². The zero-order chi connectivity index (χ0) is 23.8. The van der Waals surface area contributed by atoms with Crippen LogP contribution < -0.4 is 4.90 Å². The molecule has 1 amide bonds. The number of carbonyl (C=O) groups excluding carboxylic acids is 1. The normalized spacial score (nSPS) is 12.4. The molecular formula is C22H24ClF3N4O2. The maximum Gasteiger partial charge on any atom is 0.416 e. The van der Waals surface area contributed by atoms with E-state index in [9.17, 15) is 18.0 Å². The lowest BCUT2D eigenvalue weighted by molar-refractivity contribution is -0.138. The van der Waals surface area contributed by atoms with E-state index in [-0.39, 0.29) is 28.0 Å². The second-order valence-corrected chi connectivity index (χ2v) is 9.03. The van der Waals surface area contributed by atoms with Gasteiger partial charge in [0.2, 0.25) is 0 Å². The van der Waals surface area contributed by atoms with Gasteiger partial charge in [0.25, 0.3) is 0 Å². The Bertz CT molecular complexity index is 1140. The lowest BCUT2D eigenvalue weighted by atomic mass is 10.1. The van der Waals surface area contributed by atoms with Crippen molar-refractivity contribution in [1.29, 1.82) is 0 Å². The van der Waals surface area contributed by atoms with Crippen molar-refractivity contribution in [2.75, 3.05) is 4.90 Å². The first-order valence-corrected chi connectivity index (χ1v) is 10.4. The molecule has 0 saturated carbocycles. The van der Waals surface area contributed by atoms with Crippen molar-refractivity contribution in [3.05, 3.63) is 58.5 Å². The molecule has 0 N–H and O–H groups in total. The molecule has 32 heavy (non-hydrogen) atoms. The molecule has 10 heteroatoms. The number of hydrogen-bond acceptors (Lipinski definition) is 4. The van der Waals surface area contributed by atoms with Gasteiger partial charge in [-0.2, -0.15) is 18.3 Å². The van der Waals surface area contributed by atoms with Gasteiger partial charge in [0.05, 0.1) is 29.7 Å². The van der Waals surface area contributed by atoms with E-state index in [1.54, 1.807) is 27.0 Å². The van der Waals surface area contributed by atoms with Crippen LogP contribution in [0.4, 0.5) is 23.7 Å². The number of nitrogens with zero attached hydrogens (tertiary/aromatic N) is 4. The number of halogens is 4. The lowest BCUT2D eigenvalue weighted by Gasteiger charge is -2.28. The zero-order valence-corrected chi connectivity index (χ0v) is 19.1. The van der Waals surface area contributed by atoms with Crippen LogP contribution in [0.1, 0.15) is 57.4 Å². The summed E-state index contributed by atoms with van der Waals surface area (Å²) in [4.78, 5) is 18.6. The van der Waals surface area contributed by atoms with Crippen LogP contribution in [0.25, 0.3) is 5.65 Å². The van der Waals surface area contributed by atoms with Crippen molar-refractivity contribution in [2.24, 2.45) is 0 Å². The molecule has 172 valence electrons. The van der Waals surface area contributed by atoms with Crippen molar-refractivity contribution in [3.8, 4) is 0 Å². The highest BCUT2D eigenvalue weighted by molar-refractivity contribution is 6.29. The van der Waals surface area contributed by atoms with Gasteiger partial charge in [-0.3, -0.25) is 4.90 Å². The third-order valence-electron chi connectivity index (χ3n) is 4.59. The number of imidazole rings is 1. The molecule has 3 aromatic rings. The molecule has 0 unspecified atom stereocenters. The van der Waals surface area contributed by atoms with Crippen molar-refractivity contribution in [3.63, 3.8) is 0 Å². The van der Waals surface area contributed by atoms with Crippen molar-refractivity contribution >= 4 is 29.0 Å². The number of alkyl halides is 3. The van der Waals surface area contributed by atoms with Crippen molar-refractivity contribution in [2.45, 2.75) is 58.9 Å². The third-order valence-corrected chi connectivity index (χ3v) is 4.78. The quantitative estimate of drug-likeness (QED) is 0.440. The van der Waals surface area contributed by atoms with Gasteiger partial charge in [-0.15, -0.1) is 0 Å². The van der Waals surface area contributed by atoms with E-state index in [2.05, 4.69) is 10.1 Å². The van der Waals surface area contributed by atoms with E-state index in [0.717, 1.165) is 16.7 Å². The van der Waals surface area contributed by atoms with E-state index >= 15 is 0 Å². The Morgan fingerprint density at radius 3 is 2.47 bits per heavy atom. The van der Waals surface area contributed by atoms with E-state index in [1.165, 1.54) is 28.8 Å². The first-order valence-electron chi connectivity index (χ1n) is 9.97. The molecule has 0 atom stereocenters. The van der Waals surface area contributed by atoms with Gasteiger partial charge in [0.1, 0.15) is 5.60 Å². The Morgan fingerprint density at radius 2 is 1.88 bits per heavy atom. The average molecular weight is 469 g/mol. The van der Waals surface area contributed by atoms with E-state index < -0.39 is 30.0 Å². The second-order valence-electron chi connectivity index (χ2n) is 8.65. The fourth-order valence-corrected chi connectivity index (χ4v) is 3.38. The van der Waals surface area contributed by atoms with Crippen LogP contribution in [-0.4, -0.2) is 26.3 Å². The van der Waals surface area contributed by atoms with Crippen molar-refractivity contribution in [1.82, 2.24) is 14.6 Å². The second kappa shape index (κ2) is 8.61. The molecule has 2 aromatic heterocycles. The van der Waals surface area contributed by atoms with E-state index in [4.69, 9.17) is 16.3 Å². The highest BCUT2D eigenvalue weighted by atomic mass is 35.5. The smallest absolute Gasteiger partial charge is 0.416 e. The van der Waals surface area contributed by atoms with Crippen LogP contribution in [0.15, 0.2) is 36.5 Å². The summed E-state index contributed by atoms with van der Waals surface area (Å²) in [6, 6.07) is 6.48. The molecule has 0 radical (unpaired) electrons. The summed E-state index contributed by atoms with van der Waals surface area (Å²) in [6.45, 7) is 8.51. The summed E-state index contributed by atoms with van der Waals surface area (Å²) < 4.78 is 47.8. The first kappa shape index (κ1) is 23.8. The topological polar surface area (TPSA) is 59.7 Å². The fourth-order valence-electron chi connectivity index (χ4n) is 3.20. The summed E-state index contributed by atoms with van der Waals surface area (Å²) in [5.74, 6) is 0.0461. The van der Waals surface area contributed by atoms with Crippen LogP contribution in [0.2, 0.25) is 5.15 Å². The predicted molar refractivity (Wildman–Crippen MR) is 116 cm³/mol. The number of carbonyl (C=O) groups is 1. The molecule has 1 aromatic carbocycles. The van der Waals surface area contributed by atoms with Crippen LogP contribution in [-0.2, 0) is 17.5 Å². The van der Waals surface area contributed by atoms with Gasteiger partial charge in [-0.25, -0.2) is 14.3 Å². The molecule has 0 fully saturated rings. The molecule has 0 bridgehead atoms. The molecule has 0 aliphatic rings. The van der Waals surface area contributed by atoms with Gasteiger partial charge in [0, 0.05) is 6.07 Å².